The van der Waals surface area contributed by atoms with Crippen LogP contribution in [0.3, 0.4) is 0 Å². The average Bonchev–Trinajstić information content (AvgIpc) is 3.76. The molecule has 0 unspecified atom stereocenters. The topological polar surface area (TPSA) is 60.7 Å². The summed E-state index contributed by atoms with van der Waals surface area (Å²) < 4.78 is 4.47. The number of para-hydroxylation sites is 4. The van der Waals surface area contributed by atoms with E-state index in [1.165, 1.54) is 16.3 Å². The Bertz CT molecular complexity index is 3120. The quantitative estimate of drug-likeness (QED) is 0.173. The Morgan fingerprint density at radius 1 is 0.382 bits per heavy atom. The zero-order chi connectivity index (χ0) is 36.9. The van der Waals surface area contributed by atoms with Crippen LogP contribution in [-0.2, 0) is 0 Å². The fourth-order valence-corrected chi connectivity index (χ4v) is 8.08. The highest BCUT2D eigenvalue weighted by Crippen LogP contribution is 2.42. The number of fused-ring (bicyclic) bond motifs is 6. The second-order valence-corrected chi connectivity index (χ2v) is 13.7. The Kier molecular flexibility index (Phi) is 7.51. The minimum atomic E-state index is 0.499. The molecule has 0 saturated carbocycles. The van der Waals surface area contributed by atoms with Gasteiger partial charge in [0.05, 0.1) is 45.0 Å². The monoisotopic (exact) mass is 701 g/mol. The largest absolute Gasteiger partial charge is 0.310 e. The summed E-state index contributed by atoms with van der Waals surface area (Å²) in [6.45, 7) is 0. The average molecular weight is 702 g/mol. The van der Waals surface area contributed by atoms with Crippen LogP contribution in [0.15, 0.2) is 188 Å². The fourth-order valence-electron chi connectivity index (χ4n) is 8.08. The first-order chi connectivity index (χ1) is 27.2. The summed E-state index contributed by atoms with van der Waals surface area (Å²) in [7, 11) is 0. The van der Waals surface area contributed by atoms with E-state index in [0.29, 0.717) is 16.8 Å². The van der Waals surface area contributed by atoms with Crippen molar-refractivity contribution in [1.29, 1.82) is 10.5 Å². The van der Waals surface area contributed by atoms with E-state index in [0.717, 1.165) is 61.2 Å². The van der Waals surface area contributed by atoms with Crippen LogP contribution < -0.4 is 4.90 Å². The molecule has 0 saturated heterocycles. The lowest BCUT2D eigenvalue weighted by Crippen LogP contribution is -2.09. The Hall–Kier alpha value is -7.86. The number of hydrogen-bond acceptors (Lipinski definition) is 3. The Morgan fingerprint density at radius 3 is 1.67 bits per heavy atom. The number of nitrogens with zero attached hydrogens (tertiary/aromatic N) is 5. The Labute approximate surface area is 318 Å². The highest BCUT2D eigenvalue weighted by Gasteiger charge is 2.20. The first kappa shape index (κ1) is 31.8. The van der Waals surface area contributed by atoms with Gasteiger partial charge in [-0.2, -0.15) is 10.5 Å². The zero-order valence-electron chi connectivity index (χ0n) is 29.6. The van der Waals surface area contributed by atoms with E-state index in [9.17, 15) is 10.5 Å². The van der Waals surface area contributed by atoms with Crippen LogP contribution in [0.1, 0.15) is 11.1 Å². The van der Waals surface area contributed by atoms with Crippen molar-refractivity contribution in [3.05, 3.63) is 199 Å². The minimum Gasteiger partial charge on any atom is -0.310 e. The van der Waals surface area contributed by atoms with Crippen molar-refractivity contribution in [3.63, 3.8) is 0 Å². The maximum Gasteiger partial charge on any atom is 0.101 e. The molecule has 0 aliphatic rings. The maximum atomic E-state index is 10.3. The molecule has 0 radical (unpaired) electrons. The first-order valence-corrected chi connectivity index (χ1v) is 18.2. The van der Waals surface area contributed by atoms with E-state index in [2.05, 4.69) is 184 Å². The molecular weight excluding hydrogens is 671 g/mol. The molecule has 55 heavy (non-hydrogen) atoms. The third-order valence-corrected chi connectivity index (χ3v) is 10.5. The van der Waals surface area contributed by atoms with Crippen LogP contribution in [0.2, 0.25) is 0 Å². The normalized spacial score (nSPS) is 11.2. The molecular formula is C50H31N5. The van der Waals surface area contributed by atoms with Crippen molar-refractivity contribution in [1.82, 2.24) is 9.13 Å². The maximum absolute atomic E-state index is 10.3. The molecule has 10 aromatic rings. The summed E-state index contributed by atoms with van der Waals surface area (Å²) in [6, 6.07) is 69.6. The number of nitriles is 2. The number of hydrogen-bond donors (Lipinski definition) is 0. The molecule has 0 aliphatic heterocycles. The third kappa shape index (κ3) is 5.23. The molecule has 2 heterocycles. The van der Waals surface area contributed by atoms with Gasteiger partial charge in [-0.25, -0.2) is 0 Å². The van der Waals surface area contributed by atoms with Gasteiger partial charge in [0.1, 0.15) is 6.07 Å². The smallest absolute Gasteiger partial charge is 0.101 e. The summed E-state index contributed by atoms with van der Waals surface area (Å²) in [5.41, 5.74) is 12.3. The summed E-state index contributed by atoms with van der Waals surface area (Å²) >= 11 is 0. The van der Waals surface area contributed by atoms with Crippen molar-refractivity contribution in [2.24, 2.45) is 0 Å². The highest BCUT2D eigenvalue weighted by molar-refractivity contribution is 6.13. The number of anilines is 3. The highest BCUT2D eigenvalue weighted by atomic mass is 15.1. The first-order valence-electron chi connectivity index (χ1n) is 18.2. The standard InChI is InChI=1S/C50H31N5/c51-32-34-20-21-37(33-52)49(28-34)55-47-26-23-35(36-22-25-43-42-18-10-11-19-46(42)54(50(43)30-36)40-16-8-3-9-17-40)29-44(47)45-31-41(24-27-48(45)55)53(38-12-4-1-5-13-38)39-14-6-2-7-15-39/h1-31H. The van der Waals surface area contributed by atoms with Crippen LogP contribution in [0.5, 0.6) is 0 Å². The summed E-state index contributed by atoms with van der Waals surface area (Å²) in [4.78, 5) is 2.26. The molecule has 0 aliphatic carbocycles. The SMILES string of the molecule is N#Cc1ccc(C#N)c(-n2c3ccc(-c4ccc5c6ccccc6n(-c6ccccc6)c5c4)cc3c3cc(N(c4ccccc4)c4ccccc4)ccc32)c1. The van der Waals surface area contributed by atoms with Gasteiger partial charge in [-0.05, 0) is 108 Å². The second kappa shape index (κ2) is 13.0. The van der Waals surface area contributed by atoms with E-state index in [1.54, 1.807) is 12.1 Å². The van der Waals surface area contributed by atoms with E-state index in [-0.39, 0.29) is 0 Å². The molecule has 0 N–H and O–H groups in total. The number of rotatable bonds is 6. The van der Waals surface area contributed by atoms with Gasteiger partial charge in [0, 0.05) is 44.3 Å². The van der Waals surface area contributed by atoms with Crippen molar-refractivity contribution < 1.29 is 0 Å². The summed E-state index contributed by atoms with van der Waals surface area (Å²) in [5, 5.41) is 24.7. The lowest BCUT2D eigenvalue weighted by molar-refractivity contribution is 1.16. The lowest BCUT2D eigenvalue weighted by Gasteiger charge is -2.25. The minimum absolute atomic E-state index is 0.499. The van der Waals surface area contributed by atoms with Gasteiger partial charge in [-0.15, -0.1) is 0 Å². The van der Waals surface area contributed by atoms with Gasteiger partial charge >= 0.3 is 0 Å². The molecule has 2 aromatic heterocycles. The van der Waals surface area contributed by atoms with Gasteiger partial charge < -0.3 is 14.0 Å². The molecule has 256 valence electrons. The summed E-state index contributed by atoms with van der Waals surface area (Å²) in [6.07, 6.45) is 0. The lowest BCUT2D eigenvalue weighted by atomic mass is 10.0. The van der Waals surface area contributed by atoms with Crippen LogP contribution in [0.4, 0.5) is 17.1 Å². The van der Waals surface area contributed by atoms with E-state index in [1.807, 2.05) is 18.2 Å². The molecule has 0 bridgehead atoms. The molecule has 8 aromatic carbocycles. The molecule has 0 atom stereocenters. The zero-order valence-corrected chi connectivity index (χ0v) is 29.6. The van der Waals surface area contributed by atoms with Crippen molar-refractivity contribution in [2.45, 2.75) is 0 Å². The van der Waals surface area contributed by atoms with Gasteiger partial charge in [0.25, 0.3) is 0 Å². The second-order valence-electron chi connectivity index (χ2n) is 13.7. The van der Waals surface area contributed by atoms with Crippen LogP contribution in [0, 0.1) is 22.7 Å². The summed E-state index contributed by atoms with van der Waals surface area (Å²) in [5.74, 6) is 0. The third-order valence-electron chi connectivity index (χ3n) is 10.5. The molecule has 0 fully saturated rings. The molecule has 5 nitrogen and oxygen atoms in total. The van der Waals surface area contributed by atoms with Crippen LogP contribution >= 0.6 is 0 Å². The predicted octanol–water partition coefficient (Wildman–Crippen LogP) is 12.8. The number of aromatic nitrogens is 2. The molecule has 0 amide bonds. The fraction of sp³-hybridized carbons (Fsp3) is 0. The van der Waals surface area contributed by atoms with Crippen molar-refractivity contribution in [2.75, 3.05) is 4.90 Å². The number of benzene rings is 8. The van der Waals surface area contributed by atoms with Gasteiger partial charge in [-0.3, -0.25) is 0 Å². The van der Waals surface area contributed by atoms with Crippen molar-refractivity contribution in [3.8, 4) is 34.6 Å². The molecule has 10 rings (SSSR count). The Morgan fingerprint density at radius 2 is 0.964 bits per heavy atom. The molecule has 5 heteroatoms. The van der Waals surface area contributed by atoms with Gasteiger partial charge in [-0.1, -0.05) is 91.0 Å². The van der Waals surface area contributed by atoms with Gasteiger partial charge in [0.2, 0.25) is 0 Å². The van der Waals surface area contributed by atoms with Crippen molar-refractivity contribution >= 4 is 60.7 Å². The van der Waals surface area contributed by atoms with Crippen LogP contribution in [0.25, 0.3) is 66.1 Å². The predicted molar refractivity (Wildman–Crippen MR) is 225 cm³/mol. The molecule has 0 spiro atoms. The van der Waals surface area contributed by atoms with E-state index >= 15 is 0 Å². The van der Waals surface area contributed by atoms with E-state index in [4.69, 9.17) is 0 Å². The Balaban J connectivity index is 1.24. The van der Waals surface area contributed by atoms with Crippen LogP contribution in [-0.4, -0.2) is 9.13 Å². The van der Waals surface area contributed by atoms with E-state index < -0.39 is 0 Å². The van der Waals surface area contributed by atoms with Gasteiger partial charge in [0.15, 0.2) is 0 Å².